The SMILES string of the molecule is CC(C)(C)C1CCN(CC(=O)Cc2ccccc2F)CC1. The quantitative estimate of drug-likeness (QED) is 0.843. The summed E-state index contributed by atoms with van der Waals surface area (Å²) in [6, 6.07) is 6.54. The molecule has 3 heteroatoms. The second-order valence-corrected chi connectivity index (χ2v) is 7.22. The minimum Gasteiger partial charge on any atom is -0.298 e. The largest absolute Gasteiger partial charge is 0.298 e. The van der Waals surface area contributed by atoms with Crippen LogP contribution in [0.15, 0.2) is 24.3 Å². The summed E-state index contributed by atoms with van der Waals surface area (Å²) in [4.78, 5) is 14.3. The van der Waals surface area contributed by atoms with Crippen molar-refractivity contribution in [3.8, 4) is 0 Å². The fourth-order valence-electron chi connectivity index (χ4n) is 3.12. The molecule has 0 amide bonds. The molecule has 1 fully saturated rings. The highest BCUT2D eigenvalue weighted by Gasteiger charge is 2.29. The van der Waals surface area contributed by atoms with Gasteiger partial charge in [-0.3, -0.25) is 9.69 Å². The van der Waals surface area contributed by atoms with Gasteiger partial charge in [0.1, 0.15) is 5.82 Å². The number of hydrogen-bond donors (Lipinski definition) is 0. The van der Waals surface area contributed by atoms with Gasteiger partial charge >= 0.3 is 0 Å². The third kappa shape index (κ3) is 4.63. The number of nitrogens with zero attached hydrogens (tertiary/aromatic N) is 1. The molecule has 0 spiro atoms. The van der Waals surface area contributed by atoms with E-state index in [1.54, 1.807) is 18.2 Å². The van der Waals surface area contributed by atoms with Gasteiger partial charge in [-0.1, -0.05) is 39.0 Å². The van der Waals surface area contributed by atoms with Crippen LogP contribution in [0.2, 0.25) is 0 Å². The van der Waals surface area contributed by atoms with Crippen LogP contribution < -0.4 is 0 Å². The van der Waals surface area contributed by atoms with Gasteiger partial charge in [0, 0.05) is 6.42 Å². The Hall–Kier alpha value is -1.22. The number of rotatable bonds is 4. The number of carbonyl (C=O) groups excluding carboxylic acids is 1. The number of halogens is 1. The maximum absolute atomic E-state index is 13.5. The Morgan fingerprint density at radius 1 is 1.24 bits per heavy atom. The number of Topliss-reactive ketones (excluding diaryl/α,β-unsaturated/α-hetero) is 1. The maximum atomic E-state index is 13.5. The lowest BCUT2D eigenvalue weighted by Crippen LogP contribution is -2.40. The smallest absolute Gasteiger partial charge is 0.151 e. The van der Waals surface area contributed by atoms with Gasteiger partial charge < -0.3 is 0 Å². The van der Waals surface area contributed by atoms with E-state index < -0.39 is 0 Å². The van der Waals surface area contributed by atoms with E-state index in [-0.39, 0.29) is 18.0 Å². The topological polar surface area (TPSA) is 20.3 Å². The van der Waals surface area contributed by atoms with Crippen molar-refractivity contribution < 1.29 is 9.18 Å². The Balaban J connectivity index is 1.81. The number of hydrogen-bond acceptors (Lipinski definition) is 2. The highest BCUT2D eigenvalue weighted by molar-refractivity contribution is 5.82. The van der Waals surface area contributed by atoms with Crippen LogP contribution in [0.4, 0.5) is 4.39 Å². The van der Waals surface area contributed by atoms with Crippen LogP contribution in [0.25, 0.3) is 0 Å². The lowest BCUT2D eigenvalue weighted by Gasteiger charge is -2.38. The van der Waals surface area contributed by atoms with E-state index in [9.17, 15) is 9.18 Å². The van der Waals surface area contributed by atoms with Gasteiger partial charge in [-0.2, -0.15) is 0 Å². The maximum Gasteiger partial charge on any atom is 0.151 e. The molecule has 0 radical (unpaired) electrons. The van der Waals surface area contributed by atoms with Gasteiger partial charge in [0.2, 0.25) is 0 Å². The van der Waals surface area contributed by atoms with Crippen LogP contribution in [0.1, 0.15) is 39.2 Å². The first-order chi connectivity index (χ1) is 9.86. The number of piperidine rings is 1. The zero-order chi connectivity index (χ0) is 15.5. The first-order valence-electron chi connectivity index (χ1n) is 7.83. The third-order valence-electron chi connectivity index (χ3n) is 4.56. The molecule has 1 aliphatic rings. The summed E-state index contributed by atoms with van der Waals surface area (Å²) in [7, 11) is 0. The van der Waals surface area contributed by atoms with Crippen LogP contribution in [-0.4, -0.2) is 30.3 Å². The fourth-order valence-corrected chi connectivity index (χ4v) is 3.12. The predicted molar refractivity (Wildman–Crippen MR) is 83.7 cm³/mol. The molecule has 0 aliphatic carbocycles. The molecule has 1 aromatic carbocycles. The highest BCUT2D eigenvalue weighted by Crippen LogP contribution is 2.34. The summed E-state index contributed by atoms with van der Waals surface area (Å²) in [5, 5.41) is 0. The van der Waals surface area contributed by atoms with Crippen molar-refractivity contribution in [3.05, 3.63) is 35.6 Å². The molecule has 2 nitrogen and oxygen atoms in total. The lowest BCUT2D eigenvalue weighted by atomic mass is 9.75. The third-order valence-corrected chi connectivity index (χ3v) is 4.56. The van der Waals surface area contributed by atoms with Crippen molar-refractivity contribution in [2.75, 3.05) is 19.6 Å². The summed E-state index contributed by atoms with van der Waals surface area (Å²) in [6.45, 7) is 9.27. The predicted octanol–water partition coefficient (Wildman–Crippen LogP) is 3.70. The first kappa shape index (κ1) is 16.2. The molecule has 0 bridgehead atoms. The molecule has 1 aliphatic heterocycles. The molecule has 116 valence electrons. The molecular weight excluding hydrogens is 265 g/mol. The molecule has 0 atom stereocenters. The van der Waals surface area contributed by atoms with E-state index in [0.29, 0.717) is 17.5 Å². The van der Waals surface area contributed by atoms with Gasteiger partial charge in [-0.25, -0.2) is 4.39 Å². The molecule has 1 saturated heterocycles. The summed E-state index contributed by atoms with van der Waals surface area (Å²) < 4.78 is 13.5. The lowest BCUT2D eigenvalue weighted by molar-refractivity contribution is -0.120. The number of likely N-dealkylation sites (tertiary alicyclic amines) is 1. The molecule has 1 heterocycles. The van der Waals surface area contributed by atoms with E-state index >= 15 is 0 Å². The second kappa shape index (κ2) is 6.69. The van der Waals surface area contributed by atoms with Crippen molar-refractivity contribution in [2.45, 2.75) is 40.0 Å². The van der Waals surface area contributed by atoms with E-state index in [4.69, 9.17) is 0 Å². The van der Waals surface area contributed by atoms with Crippen LogP contribution in [0.3, 0.4) is 0 Å². The first-order valence-corrected chi connectivity index (χ1v) is 7.83. The highest BCUT2D eigenvalue weighted by atomic mass is 19.1. The molecule has 0 saturated carbocycles. The standard InChI is InChI=1S/C18H26FNO/c1-18(2,3)15-8-10-20(11-9-15)13-16(21)12-14-6-4-5-7-17(14)19/h4-7,15H,8-13H2,1-3H3. The van der Waals surface area contributed by atoms with Crippen molar-refractivity contribution >= 4 is 5.78 Å². The average Bonchev–Trinajstić information content (AvgIpc) is 2.41. The molecule has 0 unspecified atom stereocenters. The van der Waals surface area contributed by atoms with Gasteiger partial charge in [-0.15, -0.1) is 0 Å². The fraction of sp³-hybridized carbons (Fsp3) is 0.611. The Labute approximate surface area is 127 Å². The zero-order valence-electron chi connectivity index (χ0n) is 13.4. The summed E-state index contributed by atoms with van der Waals surface area (Å²) >= 11 is 0. The van der Waals surface area contributed by atoms with Crippen molar-refractivity contribution in [3.63, 3.8) is 0 Å². The Morgan fingerprint density at radius 3 is 2.43 bits per heavy atom. The number of ketones is 1. The molecule has 0 N–H and O–H groups in total. The summed E-state index contributed by atoms with van der Waals surface area (Å²) in [5.74, 6) is 0.557. The monoisotopic (exact) mass is 291 g/mol. The summed E-state index contributed by atoms with van der Waals surface area (Å²) in [5.41, 5.74) is 0.857. The van der Waals surface area contributed by atoms with Gasteiger partial charge in [0.05, 0.1) is 6.54 Å². The van der Waals surface area contributed by atoms with Crippen molar-refractivity contribution in [2.24, 2.45) is 11.3 Å². The Kier molecular flexibility index (Phi) is 5.15. The summed E-state index contributed by atoms with van der Waals surface area (Å²) in [6.07, 6.45) is 2.50. The van der Waals surface area contributed by atoms with E-state index in [0.717, 1.165) is 31.8 Å². The van der Waals surface area contributed by atoms with E-state index in [1.165, 1.54) is 6.07 Å². The number of benzene rings is 1. The van der Waals surface area contributed by atoms with Crippen molar-refractivity contribution in [1.29, 1.82) is 0 Å². The minimum atomic E-state index is -0.280. The molecule has 0 aromatic heterocycles. The number of carbonyl (C=O) groups is 1. The zero-order valence-corrected chi connectivity index (χ0v) is 13.4. The van der Waals surface area contributed by atoms with E-state index in [1.807, 2.05) is 0 Å². The average molecular weight is 291 g/mol. The molecule has 21 heavy (non-hydrogen) atoms. The Morgan fingerprint density at radius 2 is 1.86 bits per heavy atom. The molecular formula is C18H26FNO. The van der Waals surface area contributed by atoms with Crippen LogP contribution in [-0.2, 0) is 11.2 Å². The van der Waals surface area contributed by atoms with Gasteiger partial charge in [-0.05, 0) is 48.9 Å². The van der Waals surface area contributed by atoms with E-state index in [2.05, 4.69) is 25.7 Å². The molecule has 2 rings (SSSR count). The van der Waals surface area contributed by atoms with Crippen LogP contribution in [0, 0.1) is 17.2 Å². The normalized spacial score (nSPS) is 17.9. The van der Waals surface area contributed by atoms with Crippen molar-refractivity contribution in [1.82, 2.24) is 4.90 Å². The Bertz CT molecular complexity index is 484. The minimum absolute atomic E-state index is 0.106. The molecule has 1 aromatic rings. The van der Waals surface area contributed by atoms with Gasteiger partial charge in [0.25, 0.3) is 0 Å². The van der Waals surface area contributed by atoms with Crippen LogP contribution >= 0.6 is 0 Å². The second-order valence-electron chi connectivity index (χ2n) is 7.22. The van der Waals surface area contributed by atoms with Crippen LogP contribution in [0.5, 0.6) is 0 Å². The van der Waals surface area contributed by atoms with Gasteiger partial charge in [0.15, 0.2) is 5.78 Å².